The molecule has 0 radical (unpaired) electrons. The van der Waals surface area contributed by atoms with E-state index in [1.807, 2.05) is 15.7 Å². The SMILES string of the molecule is O=C1CCC(CCNCCOc2ccc(F)cc2)N1CCCn1ccnc1. The first-order valence-corrected chi connectivity index (χ1v) is 9.56. The highest BCUT2D eigenvalue weighted by Gasteiger charge is 2.29. The second kappa shape index (κ2) is 10.1. The lowest BCUT2D eigenvalue weighted by Gasteiger charge is -2.25. The summed E-state index contributed by atoms with van der Waals surface area (Å²) in [7, 11) is 0. The Labute approximate surface area is 159 Å². The lowest BCUT2D eigenvalue weighted by molar-refractivity contribution is -0.129. The average molecular weight is 374 g/mol. The number of nitrogens with one attached hydrogen (secondary N) is 1. The van der Waals surface area contributed by atoms with Gasteiger partial charge in [0, 0.05) is 44.5 Å². The summed E-state index contributed by atoms with van der Waals surface area (Å²) >= 11 is 0. The van der Waals surface area contributed by atoms with Crippen LogP contribution in [0.15, 0.2) is 43.0 Å². The average Bonchev–Trinajstić information content (AvgIpc) is 3.31. The van der Waals surface area contributed by atoms with E-state index >= 15 is 0 Å². The van der Waals surface area contributed by atoms with E-state index in [4.69, 9.17) is 4.74 Å². The summed E-state index contributed by atoms with van der Waals surface area (Å²) in [5.41, 5.74) is 0. The van der Waals surface area contributed by atoms with Gasteiger partial charge in [0.2, 0.25) is 5.91 Å². The number of halogens is 1. The molecule has 1 aromatic heterocycles. The lowest BCUT2D eigenvalue weighted by atomic mass is 10.1. The minimum Gasteiger partial charge on any atom is -0.492 e. The number of ether oxygens (including phenoxy) is 1. The number of carbonyl (C=O) groups excluding carboxylic acids is 1. The molecule has 1 N–H and O–H groups in total. The summed E-state index contributed by atoms with van der Waals surface area (Å²) in [6.07, 6.45) is 9.02. The van der Waals surface area contributed by atoms with Crippen LogP contribution < -0.4 is 10.1 Å². The molecule has 0 saturated carbocycles. The van der Waals surface area contributed by atoms with Crippen molar-refractivity contribution in [3.63, 3.8) is 0 Å². The third-order valence-corrected chi connectivity index (χ3v) is 4.84. The van der Waals surface area contributed by atoms with E-state index in [0.717, 1.165) is 45.4 Å². The summed E-state index contributed by atoms with van der Waals surface area (Å²) in [5, 5.41) is 3.36. The van der Waals surface area contributed by atoms with Crippen LogP contribution in [-0.2, 0) is 11.3 Å². The fraction of sp³-hybridized carbons (Fsp3) is 0.500. The maximum absolute atomic E-state index is 12.8. The molecule has 1 aromatic carbocycles. The highest BCUT2D eigenvalue weighted by molar-refractivity contribution is 5.78. The minimum absolute atomic E-state index is 0.263. The molecule has 0 spiro atoms. The Hall–Kier alpha value is -2.41. The van der Waals surface area contributed by atoms with Crippen LogP contribution in [0.4, 0.5) is 4.39 Å². The van der Waals surface area contributed by atoms with Crippen LogP contribution >= 0.6 is 0 Å². The van der Waals surface area contributed by atoms with E-state index in [1.54, 1.807) is 24.7 Å². The van der Waals surface area contributed by atoms with E-state index in [-0.39, 0.29) is 11.7 Å². The van der Waals surface area contributed by atoms with Crippen molar-refractivity contribution in [3.05, 3.63) is 48.8 Å². The molecule has 1 atom stereocenters. The van der Waals surface area contributed by atoms with Crippen molar-refractivity contribution in [3.8, 4) is 5.75 Å². The number of benzene rings is 1. The maximum Gasteiger partial charge on any atom is 0.222 e. The Morgan fingerprint density at radius 2 is 2.07 bits per heavy atom. The van der Waals surface area contributed by atoms with E-state index in [1.165, 1.54) is 12.1 Å². The van der Waals surface area contributed by atoms with Crippen molar-refractivity contribution in [2.45, 2.75) is 38.3 Å². The van der Waals surface area contributed by atoms with Crippen molar-refractivity contribution in [2.24, 2.45) is 0 Å². The first-order valence-electron chi connectivity index (χ1n) is 9.56. The molecule has 1 fully saturated rings. The van der Waals surface area contributed by atoms with Crippen LogP contribution in [-0.4, -0.2) is 52.6 Å². The van der Waals surface area contributed by atoms with E-state index in [2.05, 4.69) is 10.3 Å². The quantitative estimate of drug-likeness (QED) is 0.614. The van der Waals surface area contributed by atoms with Crippen molar-refractivity contribution >= 4 is 5.91 Å². The molecule has 7 heteroatoms. The number of aromatic nitrogens is 2. The third kappa shape index (κ3) is 6.06. The predicted molar refractivity (Wildman–Crippen MR) is 101 cm³/mol. The molecule has 6 nitrogen and oxygen atoms in total. The molecule has 27 heavy (non-hydrogen) atoms. The molecule has 1 saturated heterocycles. The predicted octanol–water partition coefficient (Wildman–Crippen LogP) is 2.46. The van der Waals surface area contributed by atoms with Crippen LogP contribution in [0.25, 0.3) is 0 Å². The number of nitrogens with zero attached hydrogens (tertiary/aromatic N) is 3. The standard InChI is InChI=1S/C20H27FN4O2/c21-17-2-5-19(6-3-17)27-15-11-22-9-8-18-4-7-20(26)25(18)13-1-12-24-14-10-23-16-24/h2-3,5-6,10,14,16,18,22H,1,4,7-9,11-13,15H2. The smallest absolute Gasteiger partial charge is 0.222 e. The van der Waals surface area contributed by atoms with Crippen LogP contribution in [0.2, 0.25) is 0 Å². The number of rotatable bonds is 11. The molecule has 146 valence electrons. The van der Waals surface area contributed by atoms with Gasteiger partial charge in [0.1, 0.15) is 18.2 Å². The van der Waals surface area contributed by atoms with Crippen molar-refractivity contribution in [1.29, 1.82) is 0 Å². The Bertz CT molecular complexity index is 691. The normalized spacial score (nSPS) is 16.9. The molecule has 1 amide bonds. The first-order chi connectivity index (χ1) is 13.2. The fourth-order valence-electron chi connectivity index (χ4n) is 3.41. The molecule has 2 heterocycles. The van der Waals surface area contributed by atoms with Gasteiger partial charge in [-0.3, -0.25) is 4.79 Å². The maximum atomic E-state index is 12.8. The first kappa shape index (κ1) is 19.4. The summed E-state index contributed by atoms with van der Waals surface area (Å²) in [6, 6.07) is 6.36. The van der Waals surface area contributed by atoms with Crippen LogP contribution in [0.1, 0.15) is 25.7 Å². The van der Waals surface area contributed by atoms with Gasteiger partial charge in [0.05, 0.1) is 6.33 Å². The Morgan fingerprint density at radius 3 is 2.85 bits per heavy atom. The van der Waals surface area contributed by atoms with Gasteiger partial charge in [0.25, 0.3) is 0 Å². The Balaban J connectivity index is 1.29. The van der Waals surface area contributed by atoms with Gasteiger partial charge in [-0.25, -0.2) is 9.37 Å². The molecule has 1 unspecified atom stereocenters. The highest BCUT2D eigenvalue weighted by atomic mass is 19.1. The number of carbonyl (C=O) groups is 1. The van der Waals surface area contributed by atoms with Gasteiger partial charge in [-0.15, -0.1) is 0 Å². The van der Waals surface area contributed by atoms with Crippen LogP contribution in [0.5, 0.6) is 5.75 Å². The lowest BCUT2D eigenvalue weighted by Crippen LogP contribution is -2.36. The number of hydrogen-bond donors (Lipinski definition) is 1. The molecule has 3 rings (SSSR count). The summed E-state index contributed by atoms with van der Waals surface area (Å²) < 4.78 is 20.4. The minimum atomic E-state index is -0.263. The summed E-state index contributed by atoms with van der Waals surface area (Å²) in [4.78, 5) is 18.2. The van der Waals surface area contributed by atoms with E-state index in [0.29, 0.717) is 24.8 Å². The molecule has 0 aliphatic carbocycles. The highest BCUT2D eigenvalue weighted by Crippen LogP contribution is 2.21. The second-order valence-electron chi connectivity index (χ2n) is 6.77. The number of likely N-dealkylation sites (tertiary alicyclic amines) is 1. The molecular weight excluding hydrogens is 347 g/mol. The topological polar surface area (TPSA) is 59.4 Å². The number of hydrogen-bond acceptors (Lipinski definition) is 4. The third-order valence-electron chi connectivity index (χ3n) is 4.84. The van der Waals surface area contributed by atoms with Gasteiger partial charge in [0.15, 0.2) is 0 Å². The number of aryl methyl sites for hydroxylation is 1. The monoisotopic (exact) mass is 374 g/mol. The van der Waals surface area contributed by atoms with Gasteiger partial charge in [-0.2, -0.15) is 0 Å². The van der Waals surface area contributed by atoms with Gasteiger partial charge in [-0.05, 0) is 50.1 Å². The van der Waals surface area contributed by atoms with Crippen molar-refractivity contribution in [2.75, 3.05) is 26.2 Å². The van der Waals surface area contributed by atoms with Gasteiger partial charge < -0.3 is 19.5 Å². The van der Waals surface area contributed by atoms with E-state index in [9.17, 15) is 9.18 Å². The molecule has 2 aromatic rings. The molecular formula is C20H27FN4O2. The van der Waals surface area contributed by atoms with Crippen LogP contribution in [0, 0.1) is 5.82 Å². The zero-order chi connectivity index (χ0) is 18.9. The fourth-order valence-corrected chi connectivity index (χ4v) is 3.41. The zero-order valence-corrected chi connectivity index (χ0v) is 15.5. The largest absolute Gasteiger partial charge is 0.492 e. The molecule has 0 bridgehead atoms. The number of imidazole rings is 1. The van der Waals surface area contributed by atoms with Crippen LogP contribution in [0.3, 0.4) is 0 Å². The van der Waals surface area contributed by atoms with Crippen molar-refractivity contribution in [1.82, 2.24) is 19.8 Å². The Kier molecular flexibility index (Phi) is 7.21. The molecule has 1 aliphatic heterocycles. The number of amides is 1. The Morgan fingerprint density at radius 1 is 1.22 bits per heavy atom. The zero-order valence-electron chi connectivity index (χ0n) is 15.5. The van der Waals surface area contributed by atoms with Gasteiger partial charge in [-0.1, -0.05) is 0 Å². The van der Waals surface area contributed by atoms with E-state index < -0.39 is 0 Å². The van der Waals surface area contributed by atoms with Crippen molar-refractivity contribution < 1.29 is 13.9 Å². The second-order valence-corrected chi connectivity index (χ2v) is 6.77. The van der Waals surface area contributed by atoms with Gasteiger partial charge >= 0.3 is 0 Å². The summed E-state index contributed by atoms with van der Waals surface area (Å²) in [5.74, 6) is 0.676. The summed E-state index contributed by atoms with van der Waals surface area (Å²) in [6.45, 7) is 3.79. The molecule has 1 aliphatic rings.